The second kappa shape index (κ2) is 7.96. The van der Waals surface area contributed by atoms with Crippen LogP contribution in [0.25, 0.3) is 11.0 Å². The zero-order valence-electron chi connectivity index (χ0n) is 18.4. The molecule has 4 atom stereocenters. The fraction of sp³-hybridized carbons (Fsp3) is 0.667. The quantitative estimate of drug-likeness (QED) is 0.499. The topological polar surface area (TPSA) is 97.8 Å². The van der Waals surface area contributed by atoms with E-state index in [0.29, 0.717) is 29.7 Å². The number of fused-ring (bicyclic) bond motifs is 1. The number of nitrogens with one attached hydrogen (secondary N) is 1. The first kappa shape index (κ1) is 22.6. The van der Waals surface area contributed by atoms with Crippen molar-refractivity contribution >= 4 is 16.9 Å². The Morgan fingerprint density at radius 2 is 1.73 bits per heavy atom. The van der Waals surface area contributed by atoms with Crippen LogP contribution in [0.4, 0.5) is 17.6 Å². The zero-order valence-corrected chi connectivity index (χ0v) is 18.4. The highest BCUT2D eigenvalue weighted by atomic mass is 19.3. The highest BCUT2D eigenvalue weighted by Gasteiger charge is 2.54. The lowest BCUT2D eigenvalue weighted by Crippen LogP contribution is -2.46. The molecule has 0 spiro atoms. The summed E-state index contributed by atoms with van der Waals surface area (Å²) in [4.78, 5) is 20.1. The van der Waals surface area contributed by atoms with Gasteiger partial charge in [0.05, 0.1) is 17.1 Å². The number of aromatic amines is 1. The largest absolute Gasteiger partial charge is 0.369 e. The molecule has 5 rings (SSSR count). The van der Waals surface area contributed by atoms with Crippen LogP contribution in [0.1, 0.15) is 74.7 Å². The van der Waals surface area contributed by atoms with Crippen molar-refractivity contribution in [1.29, 1.82) is 0 Å². The Kier molecular flexibility index (Phi) is 5.46. The number of imidazole rings is 1. The predicted octanol–water partition coefficient (Wildman–Crippen LogP) is 5.03. The van der Waals surface area contributed by atoms with Crippen molar-refractivity contribution in [3.05, 3.63) is 29.6 Å². The van der Waals surface area contributed by atoms with Gasteiger partial charge in [-0.1, -0.05) is 6.07 Å². The molecule has 33 heavy (non-hydrogen) atoms. The Morgan fingerprint density at radius 1 is 1.03 bits per heavy atom. The summed E-state index contributed by atoms with van der Waals surface area (Å²) in [5, 5.41) is 0. The van der Waals surface area contributed by atoms with Gasteiger partial charge in [-0.3, -0.25) is 4.79 Å². The van der Waals surface area contributed by atoms with E-state index in [1.54, 1.807) is 0 Å². The molecular weight excluding hydrogens is 436 g/mol. The maximum absolute atomic E-state index is 13.9. The van der Waals surface area contributed by atoms with E-state index in [9.17, 15) is 22.4 Å². The molecule has 0 saturated heterocycles. The standard InChI is InChI=1S/C24H30F4N4O/c25-23(26)7-1-2-14(9-23)20(29)22-31-16-6-5-13(8-17(16)32-22)18(12-3-4-12)19(21(30)33)15-10-24(27,28)11-15/h5-6,8,12,14-15,18-20H,1-4,7,9-11,29H2,(H2,30,33)(H,31,32)/t14-,18+,19?,20+/m1/s1. The van der Waals surface area contributed by atoms with Crippen molar-refractivity contribution in [2.24, 2.45) is 35.1 Å². The van der Waals surface area contributed by atoms with Crippen LogP contribution in [0.2, 0.25) is 0 Å². The monoisotopic (exact) mass is 466 g/mol. The zero-order chi connectivity index (χ0) is 23.5. The lowest BCUT2D eigenvalue weighted by Gasteiger charge is -2.42. The molecular formula is C24H30F4N4O. The van der Waals surface area contributed by atoms with Crippen LogP contribution in [-0.2, 0) is 4.79 Å². The molecule has 3 aliphatic carbocycles. The number of amides is 1. The molecule has 2 aromatic rings. The van der Waals surface area contributed by atoms with Gasteiger partial charge in [0.2, 0.25) is 17.8 Å². The summed E-state index contributed by atoms with van der Waals surface area (Å²) in [5.74, 6) is -6.86. The van der Waals surface area contributed by atoms with Crippen molar-refractivity contribution in [3.8, 4) is 0 Å². The number of nitrogens with zero attached hydrogens (tertiary/aromatic N) is 1. The van der Waals surface area contributed by atoms with E-state index in [1.807, 2.05) is 18.2 Å². The molecule has 0 radical (unpaired) electrons. The van der Waals surface area contributed by atoms with Gasteiger partial charge in [0.15, 0.2) is 0 Å². The van der Waals surface area contributed by atoms with Crippen LogP contribution >= 0.6 is 0 Å². The third-order valence-corrected chi connectivity index (χ3v) is 7.89. The highest BCUT2D eigenvalue weighted by Crippen LogP contribution is 2.55. The molecule has 180 valence electrons. The summed E-state index contributed by atoms with van der Waals surface area (Å²) in [7, 11) is 0. The third kappa shape index (κ3) is 4.48. The van der Waals surface area contributed by atoms with E-state index in [-0.39, 0.29) is 43.4 Å². The van der Waals surface area contributed by atoms with Gasteiger partial charge in [-0.05, 0) is 67.1 Å². The van der Waals surface area contributed by atoms with Gasteiger partial charge in [-0.2, -0.15) is 0 Å². The molecule has 1 aromatic heterocycles. The van der Waals surface area contributed by atoms with E-state index >= 15 is 0 Å². The Labute approximate surface area is 189 Å². The number of nitrogens with two attached hydrogens (primary N) is 2. The van der Waals surface area contributed by atoms with Gasteiger partial charge in [0.1, 0.15) is 5.82 Å². The van der Waals surface area contributed by atoms with Gasteiger partial charge in [0.25, 0.3) is 0 Å². The first-order valence-electron chi connectivity index (χ1n) is 11.8. The summed E-state index contributed by atoms with van der Waals surface area (Å²) < 4.78 is 54.9. The lowest BCUT2D eigenvalue weighted by molar-refractivity contribution is -0.146. The maximum atomic E-state index is 13.9. The van der Waals surface area contributed by atoms with Crippen molar-refractivity contribution in [2.45, 2.75) is 75.2 Å². The molecule has 5 nitrogen and oxygen atoms in total. The molecule has 1 aromatic carbocycles. The number of rotatable bonds is 7. The van der Waals surface area contributed by atoms with Gasteiger partial charge < -0.3 is 16.5 Å². The van der Waals surface area contributed by atoms with Gasteiger partial charge in [-0.15, -0.1) is 0 Å². The maximum Gasteiger partial charge on any atom is 0.248 e. The molecule has 5 N–H and O–H groups in total. The number of carbonyl (C=O) groups is 1. The number of carbonyl (C=O) groups excluding carboxylic acids is 1. The number of primary amides is 1. The molecule has 1 amide bonds. The van der Waals surface area contributed by atoms with Crippen molar-refractivity contribution in [1.82, 2.24) is 9.97 Å². The predicted molar refractivity (Wildman–Crippen MR) is 116 cm³/mol. The van der Waals surface area contributed by atoms with Gasteiger partial charge in [0, 0.05) is 31.6 Å². The van der Waals surface area contributed by atoms with E-state index < -0.39 is 35.6 Å². The van der Waals surface area contributed by atoms with Crippen molar-refractivity contribution in [3.63, 3.8) is 0 Å². The Morgan fingerprint density at radius 3 is 2.33 bits per heavy atom. The molecule has 3 aliphatic rings. The Hall–Kier alpha value is -2.16. The minimum absolute atomic E-state index is 0.101. The highest BCUT2D eigenvalue weighted by molar-refractivity contribution is 5.80. The van der Waals surface area contributed by atoms with Gasteiger partial charge >= 0.3 is 0 Å². The lowest BCUT2D eigenvalue weighted by atomic mass is 9.65. The van der Waals surface area contributed by atoms with Crippen molar-refractivity contribution in [2.75, 3.05) is 0 Å². The minimum atomic E-state index is -2.72. The summed E-state index contributed by atoms with van der Waals surface area (Å²) in [6.07, 6.45) is 1.99. The van der Waals surface area contributed by atoms with Crippen LogP contribution in [0, 0.1) is 23.7 Å². The second-order valence-electron chi connectivity index (χ2n) is 10.5. The van der Waals surface area contributed by atoms with Crippen LogP contribution in [0.5, 0.6) is 0 Å². The summed E-state index contributed by atoms with van der Waals surface area (Å²) >= 11 is 0. The Bertz CT molecular complexity index is 1040. The molecule has 3 fully saturated rings. The average Bonchev–Trinajstić information content (AvgIpc) is 3.45. The first-order valence-corrected chi connectivity index (χ1v) is 11.8. The molecule has 1 unspecified atom stereocenters. The summed E-state index contributed by atoms with van der Waals surface area (Å²) in [5.41, 5.74) is 14.3. The van der Waals surface area contributed by atoms with Crippen molar-refractivity contribution < 1.29 is 22.4 Å². The minimum Gasteiger partial charge on any atom is -0.369 e. The van der Waals surface area contributed by atoms with Crippen LogP contribution in [0.15, 0.2) is 18.2 Å². The normalized spacial score (nSPS) is 27.6. The Balaban J connectivity index is 1.42. The number of H-pyrrole nitrogens is 1. The third-order valence-electron chi connectivity index (χ3n) is 7.89. The number of hydrogen-bond acceptors (Lipinski definition) is 3. The fourth-order valence-corrected chi connectivity index (χ4v) is 6.04. The second-order valence-corrected chi connectivity index (χ2v) is 10.5. The van der Waals surface area contributed by atoms with E-state index in [4.69, 9.17) is 11.5 Å². The number of hydrogen-bond donors (Lipinski definition) is 3. The summed E-state index contributed by atoms with van der Waals surface area (Å²) in [6.45, 7) is 0. The molecule has 0 aliphatic heterocycles. The molecule has 3 saturated carbocycles. The molecule has 0 bridgehead atoms. The molecule has 9 heteroatoms. The number of aromatic nitrogens is 2. The summed E-state index contributed by atoms with van der Waals surface area (Å²) in [6, 6.07) is 4.96. The SMILES string of the molecule is NC(=O)C(C1CC(F)(F)C1)[C@H](c1ccc2nc([C@@H](N)[C@@H]3CCCC(F)(F)C3)[nH]c2c1)C1CC1. The molecule has 1 heterocycles. The van der Waals surface area contributed by atoms with E-state index in [2.05, 4.69) is 9.97 Å². The van der Waals surface area contributed by atoms with Crippen LogP contribution in [0.3, 0.4) is 0 Å². The smallest absolute Gasteiger partial charge is 0.248 e. The van der Waals surface area contributed by atoms with Crippen LogP contribution < -0.4 is 11.5 Å². The number of halogens is 4. The van der Waals surface area contributed by atoms with Gasteiger partial charge in [-0.25, -0.2) is 22.5 Å². The van der Waals surface area contributed by atoms with E-state index in [0.717, 1.165) is 18.4 Å². The first-order chi connectivity index (χ1) is 15.5. The fourth-order valence-electron chi connectivity index (χ4n) is 6.04. The van der Waals surface area contributed by atoms with E-state index in [1.165, 1.54) is 0 Å². The number of benzene rings is 1. The number of alkyl halides is 4. The van der Waals surface area contributed by atoms with Crippen LogP contribution in [-0.4, -0.2) is 27.7 Å². The average molecular weight is 467 g/mol.